The van der Waals surface area contributed by atoms with Crippen molar-refractivity contribution in [1.29, 1.82) is 0 Å². The lowest BCUT2D eigenvalue weighted by molar-refractivity contribution is -0.139. The Hall–Kier alpha value is -1.35. The van der Waals surface area contributed by atoms with Crippen LogP contribution in [0.25, 0.3) is 0 Å². The maximum atomic E-state index is 13.6. The van der Waals surface area contributed by atoms with Gasteiger partial charge in [0.05, 0.1) is 0 Å². The summed E-state index contributed by atoms with van der Waals surface area (Å²) in [7, 11) is 0. The number of piperidine rings is 1. The smallest absolute Gasteiger partial charge is 0.142 e. The highest BCUT2D eigenvalue weighted by atomic mass is 35.5. The first-order chi connectivity index (χ1) is 13.8. The van der Waals surface area contributed by atoms with Crippen molar-refractivity contribution in [3.05, 3.63) is 69.7 Å². The summed E-state index contributed by atoms with van der Waals surface area (Å²) in [5.41, 5.74) is 2.22. The Labute approximate surface area is 184 Å². The van der Waals surface area contributed by atoms with Gasteiger partial charge in [-0.25, -0.2) is 0 Å². The van der Waals surface area contributed by atoms with E-state index in [1.54, 1.807) is 0 Å². The average Bonchev–Trinajstić information content (AvgIpc) is 2.69. The Morgan fingerprint density at radius 2 is 1.34 bits per heavy atom. The molecule has 154 valence electrons. The number of hydrogen-bond acceptors (Lipinski definition) is 2. The van der Waals surface area contributed by atoms with E-state index in [0.29, 0.717) is 21.7 Å². The predicted molar refractivity (Wildman–Crippen MR) is 120 cm³/mol. The zero-order valence-corrected chi connectivity index (χ0v) is 18.8. The second-order valence-corrected chi connectivity index (χ2v) is 10.1. The van der Waals surface area contributed by atoms with E-state index in [1.807, 2.05) is 48.5 Å². The summed E-state index contributed by atoms with van der Waals surface area (Å²) in [4.78, 5) is 13.6. The number of benzene rings is 2. The van der Waals surface area contributed by atoms with Crippen molar-refractivity contribution in [3.63, 3.8) is 0 Å². The predicted octanol–water partition coefficient (Wildman–Crippen LogP) is 7.03. The fraction of sp³-hybridized carbons (Fsp3) is 0.480. The van der Waals surface area contributed by atoms with Crippen molar-refractivity contribution in [1.82, 2.24) is 5.32 Å². The van der Waals surface area contributed by atoms with Gasteiger partial charge in [-0.3, -0.25) is 4.79 Å². The molecule has 1 unspecified atom stereocenters. The van der Waals surface area contributed by atoms with Crippen LogP contribution < -0.4 is 5.32 Å². The number of carbonyl (C=O) groups is 1. The first kappa shape index (κ1) is 20.9. The number of carbonyl (C=O) groups excluding carboxylic acids is 1. The monoisotopic (exact) mass is 429 g/mol. The van der Waals surface area contributed by atoms with Crippen molar-refractivity contribution in [2.24, 2.45) is 23.2 Å². The molecule has 1 heterocycles. The Morgan fingerprint density at radius 1 is 0.897 bits per heavy atom. The summed E-state index contributed by atoms with van der Waals surface area (Å²) < 4.78 is 0. The molecule has 1 saturated carbocycles. The molecule has 1 N–H and O–H groups in total. The molecule has 0 spiro atoms. The van der Waals surface area contributed by atoms with Gasteiger partial charge < -0.3 is 5.32 Å². The van der Waals surface area contributed by atoms with Gasteiger partial charge >= 0.3 is 0 Å². The van der Waals surface area contributed by atoms with Gasteiger partial charge in [0, 0.05) is 34.0 Å². The highest BCUT2D eigenvalue weighted by Gasteiger charge is 2.52. The van der Waals surface area contributed by atoms with E-state index in [9.17, 15) is 4.79 Å². The van der Waals surface area contributed by atoms with Gasteiger partial charge in [-0.15, -0.1) is 0 Å². The number of nitrogens with one attached hydrogen (secondary N) is 1. The number of rotatable bonds is 4. The lowest BCUT2D eigenvalue weighted by atomic mass is 9.58. The quantitative estimate of drug-likeness (QED) is 0.564. The van der Waals surface area contributed by atoms with Crippen molar-refractivity contribution in [3.8, 4) is 0 Å². The molecule has 2 fully saturated rings. The van der Waals surface area contributed by atoms with Crippen LogP contribution in [0, 0.1) is 23.2 Å². The molecule has 0 amide bonds. The van der Waals surface area contributed by atoms with Crippen molar-refractivity contribution in [2.45, 2.75) is 52.1 Å². The van der Waals surface area contributed by atoms with E-state index in [1.165, 1.54) is 0 Å². The average molecular weight is 430 g/mol. The van der Waals surface area contributed by atoms with Gasteiger partial charge in [-0.05, 0) is 47.4 Å². The van der Waals surface area contributed by atoms with Crippen LogP contribution in [0.1, 0.15) is 63.2 Å². The van der Waals surface area contributed by atoms with Gasteiger partial charge in [-0.2, -0.15) is 0 Å². The zero-order chi connectivity index (χ0) is 20.8. The first-order valence-corrected chi connectivity index (χ1v) is 11.4. The Balaban J connectivity index is 1.81. The molecule has 2 bridgehead atoms. The van der Waals surface area contributed by atoms with Crippen LogP contribution >= 0.6 is 23.2 Å². The fourth-order valence-corrected chi connectivity index (χ4v) is 5.74. The third-order valence-corrected chi connectivity index (χ3v) is 8.16. The molecular formula is C25H29Cl2NO. The van der Waals surface area contributed by atoms with Crippen LogP contribution in [-0.2, 0) is 4.79 Å². The standard InChI is InChI=1S/C25H29Cl2NO/c1-4-25(2,3)15-13-18-22(16-9-5-7-11-20(16)26)28-23(19(14-15)24(18)29)17-10-6-8-12-21(17)27/h5-12,15,18-19,22-23,28H,4,13-14H2,1-3H3/t15?,18-,19+,22+,23-. The van der Waals surface area contributed by atoms with Crippen LogP contribution in [0.3, 0.4) is 0 Å². The van der Waals surface area contributed by atoms with E-state index in [4.69, 9.17) is 23.2 Å². The minimum atomic E-state index is -0.0934. The van der Waals surface area contributed by atoms with Crippen molar-refractivity contribution < 1.29 is 4.79 Å². The summed E-state index contributed by atoms with van der Waals surface area (Å²) in [5, 5.41) is 5.23. The summed E-state index contributed by atoms with van der Waals surface area (Å²) >= 11 is 13.2. The van der Waals surface area contributed by atoms with E-state index in [2.05, 4.69) is 26.1 Å². The third-order valence-electron chi connectivity index (χ3n) is 7.47. The number of ketones is 1. The van der Waals surface area contributed by atoms with E-state index < -0.39 is 0 Å². The molecule has 29 heavy (non-hydrogen) atoms. The maximum absolute atomic E-state index is 13.6. The third kappa shape index (κ3) is 3.76. The summed E-state index contributed by atoms with van der Waals surface area (Å²) in [6, 6.07) is 15.6. The Bertz CT molecular complexity index is 846. The van der Waals surface area contributed by atoms with Gasteiger partial charge in [0.2, 0.25) is 0 Å². The van der Waals surface area contributed by atoms with E-state index in [-0.39, 0.29) is 29.3 Å². The van der Waals surface area contributed by atoms with Crippen molar-refractivity contribution in [2.75, 3.05) is 0 Å². The molecule has 1 aliphatic heterocycles. The molecule has 0 radical (unpaired) electrons. The number of halogens is 2. The van der Waals surface area contributed by atoms with E-state index in [0.717, 1.165) is 30.4 Å². The minimum absolute atomic E-state index is 0.0526. The molecule has 2 aromatic rings. The molecule has 2 aromatic carbocycles. The number of hydrogen-bond donors (Lipinski definition) is 1. The van der Waals surface area contributed by atoms with Crippen LogP contribution in [0.2, 0.25) is 10.0 Å². The summed E-state index contributed by atoms with van der Waals surface area (Å²) in [6.07, 6.45) is 2.93. The molecule has 5 atom stereocenters. The van der Waals surface area contributed by atoms with Crippen LogP contribution in [0.4, 0.5) is 0 Å². The second kappa shape index (κ2) is 8.06. The van der Waals surface area contributed by atoms with E-state index >= 15 is 0 Å². The molecule has 2 nitrogen and oxygen atoms in total. The molecule has 0 aromatic heterocycles. The molecule has 1 saturated heterocycles. The van der Waals surface area contributed by atoms with Crippen LogP contribution in [0.5, 0.6) is 0 Å². The molecule has 4 rings (SSSR count). The molecular weight excluding hydrogens is 401 g/mol. The number of Topliss-reactive ketones (excluding diaryl/α,β-unsaturated/α-hetero) is 1. The van der Waals surface area contributed by atoms with Gasteiger partial charge in [0.15, 0.2) is 0 Å². The SMILES string of the molecule is CCC(C)(C)C1C[C@@H]2C(=O)[C@H](C1)[C@H](c1ccccc1Cl)N[C@@H]2c1ccccc1Cl. The van der Waals surface area contributed by atoms with Crippen LogP contribution in [0.15, 0.2) is 48.5 Å². The number of fused-ring (bicyclic) bond motifs is 2. The maximum Gasteiger partial charge on any atom is 0.142 e. The summed E-state index contributed by atoms with van der Waals surface area (Å²) in [5.74, 6) is 0.755. The molecule has 4 heteroatoms. The molecule has 2 aliphatic rings. The molecule has 1 aliphatic carbocycles. The Kier molecular flexibility index (Phi) is 5.81. The summed E-state index contributed by atoms with van der Waals surface area (Å²) in [6.45, 7) is 6.93. The first-order valence-electron chi connectivity index (χ1n) is 10.6. The van der Waals surface area contributed by atoms with Gasteiger partial charge in [-0.1, -0.05) is 86.8 Å². The fourth-order valence-electron chi connectivity index (χ4n) is 5.24. The van der Waals surface area contributed by atoms with Gasteiger partial charge in [0.25, 0.3) is 0 Å². The van der Waals surface area contributed by atoms with Crippen LogP contribution in [-0.4, -0.2) is 5.78 Å². The van der Waals surface area contributed by atoms with Gasteiger partial charge in [0.1, 0.15) is 5.78 Å². The lowest BCUT2D eigenvalue weighted by Gasteiger charge is -2.51. The minimum Gasteiger partial charge on any atom is -0.302 e. The highest BCUT2D eigenvalue weighted by molar-refractivity contribution is 6.31. The second-order valence-electron chi connectivity index (χ2n) is 9.29. The lowest BCUT2D eigenvalue weighted by Crippen LogP contribution is -2.54. The van der Waals surface area contributed by atoms with Crippen molar-refractivity contribution >= 4 is 29.0 Å². The normalized spacial score (nSPS) is 29.7. The zero-order valence-electron chi connectivity index (χ0n) is 17.3. The topological polar surface area (TPSA) is 29.1 Å². The highest BCUT2D eigenvalue weighted by Crippen LogP contribution is 2.53. The largest absolute Gasteiger partial charge is 0.302 e. The Morgan fingerprint density at radius 3 is 1.76 bits per heavy atom.